The largest absolute Gasteiger partial charge is 0.324 e. The van der Waals surface area contributed by atoms with Gasteiger partial charge in [-0.25, -0.2) is 9.97 Å². The lowest BCUT2D eigenvalue weighted by Gasteiger charge is -2.10. The summed E-state index contributed by atoms with van der Waals surface area (Å²) in [4.78, 5) is 20.9. The van der Waals surface area contributed by atoms with Crippen molar-refractivity contribution in [2.75, 3.05) is 10.6 Å². The van der Waals surface area contributed by atoms with Crippen molar-refractivity contribution in [3.63, 3.8) is 0 Å². The van der Waals surface area contributed by atoms with Gasteiger partial charge < -0.3 is 10.6 Å². The monoisotopic (exact) mass is 386 g/mol. The Morgan fingerprint density at radius 2 is 1.73 bits per heavy atom. The second-order valence-electron chi connectivity index (χ2n) is 5.82. The minimum absolute atomic E-state index is 0.226. The van der Waals surface area contributed by atoms with Crippen LogP contribution in [0.2, 0.25) is 10.0 Å². The highest BCUT2D eigenvalue weighted by Gasteiger charge is 2.11. The SMILES string of the molecule is Cc1ccc(C)c(Nc2nccc(C(=O)Nc3cc(Cl)cc(Cl)c3)n2)c1. The highest BCUT2D eigenvalue weighted by molar-refractivity contribution is 6.35. The van der Waals surface area contributed by atoms with Crippen LogP contribution in [0, 0.1) is 13.8 Å². The maximum absolute atomic E-state index is 12.4. The van der Waals surface area contributed by atoms with E-state index in [0.29, 0.717) is 21.7 Å². The molecular formula is C19H16Cl2N4O. The Kier molecular flexibility index (Phi) is 5.40. The average molecular weight is 387 g/mol. The number of anilines is 3. The van der Waals surface area contributed by atoms with Gasteiger partial charge in [0.05, 0.1) is 0 Å². The van der Waals surface area contributed by atoms with Gasteiger partial charge in [0, 0.05) is 27.6 Å². The van der Waals surface area contributed by atoms with E-state index in [1.807, 2.05) is 32.0 Å². The molecule has 0 unspecified atom stereocenters. The predicted octanol–water partition coefficient (Wildman–Crippen LogP) is 5.40. The molecule has 0 radical (unpaired) electrons. The Morgan fingerprint density at radius 1 is 1.00 bits per heavy atom. The zero-order valence-electron chi connectivity index (χ0n) is 14.2. The number of halogens is 2. The van der Waals surface area contributed by atoms with Crippen molar-refractivity contribution in [3.05, 3.63) is 75.5 Å². The van der Waals surface area contributed by atoms with Gasteiger partial charge in [0.15, 0.2) is 0 Å². The molecule has 0 aliphatic carbocycles. The third-order valence-corrected chi connectivity index (χ3v) is 4.08. The van der Waals surface area contributed by atoms with Crippen LogP contribution in [0.25, 0.3) is 0 Å². The van der Waals surface area contributed by atoms with E-state index in [1.54, 1.807) is 18.2 Å². The van der Waals surface area contributed by atoms with E-state index in [4.69, 9.17) is 23.2 Å². The summed E-state index contributed by atoms with van der Waals surface area (Å²) in [6.07, 6.45) is 1.53. The first-order valence-corrected chi connectivity index (χ1v) is 8.61. The van der Waals surface area contributed by atoms with Crippen LogP contribution in [0.4, 0.5) is 17.3 Å². The minimum atomic E-state index is -0.380. The number of aryl methyl sites for hydroxylation is 2. The van der Waals surface area contributed by atoms with Gasteiger partial charge in [0.2, 0.25) is 5.95 Å². The molecular weight excluding hydrogens is 371 g/mol. The number of nitrogens with zero attached hydrogens (tertiary/aromatic N) is 2. The fourth-order valence-electron chi connectivity index (χ4n) is 2.36. The lowest BCUT2D eigenvalue weighted by atomic mass is 10.1. The molecule has 3 aromatic rings. The van der Waals surface area contributed by atoms with Crippen LogP contribution in [0.1, 0.15) is 21.6 Å². The van der Waals surface area contributed by atoms with Gasteiger partial charge in [-0.3, -0.25) is 4.79 Å². The summed E-state index contributed by atoms with van der Waals surface area (Å²) in [6.45, 7) is 3.99. The molecule has 1 aromatic heterocycles. The van der Waals surface area contributed by atoms with Crippen LogP contribution < -0.4 is 10.6 Å². The maximum atomic E-state index is 12.4. The molecule has 132 valence electrons. The number of nitrogens with one attached hydrogen (secondary N) is 2. The lowest BCUT2D eigenvalue weighted by molar-refractivity contribution is 0.102. The van der Waals surface area contributed by atoms with E-state index in [2.05, 4.69) is 20.6 Å². The van der Waals surface area contributed by atoms with Gasteiger partial charge in [0.25, 0.3) is 5.91 Å². The summed E-state index contributed by atoms with van der Waals surface area (Å²) in [5, 5.41) is 6.75. The summed E-state index contributed by atoms with van der Waals surface area (Å²) >= 11 is 11.9. The molecule has 0 spiro atoms. The third-order valence-electron chi connectivity index (χ3n) is 3.65. The first-order chi connectivity index (χ1) is 12.4. The van der Waals surface area contributed by atoms with E-state index >= 15 is 0 Å². The fraction of sp³-hybridized carbons (Fsp3) is 0.105. The molecule has 0 aliphatic rings. The molecule has 0 saturated heterocycles. The van der Waals surface area contributed by atoms with Gasteiger partial charge >= 0.3 is 0 Å². The Bertz CT molecular complexity index is 955. The lowest BCUT2D eigenvalue weighted by Crippen LogP contribution is -2.15. The van der Waals surface area contributed by atoms with E-state index in [0.717, 1.165) is 16.8 Å². The highest BCUT2D eigenvalue weighted by Crippen LogP contribution is 2.23. The van der Waals surface area contributed by atoms with Crippen molar-refractivity contribution in [2.24, 2.45) is 0 Å². The molecule has 1 amide bonds. The maximum Gasteiger partial charge on any atom is 0.274 e. The van der Waals surface area contributed by atoms with Crippen LogP contribution in [0.5, 0.6) is 0 Å². The summed E-state index contributed by atoms with van der Waals surface area (Å²) in [5.74, 6) is -0.0368. The van der Waals surface area contributed by atoms with E-state index in [1.165, 1.54) is 12.3 Å². The predicted molar refractivity (Wildman–Crippen MR) is 106 cm³/mol. The molecule has 7 heteroatoms. The van der Waals surface area contributed by atoms with Crippen molar-refractivity contribution in [1.29, 1.82) is 0 Å². The second kappa shape index (κ2) is 7.72. The number of amides is 1. The first kappa shape index (κ1) is 18.2. The Labute approximate surface area is 161 Å². The molecule has 0 aliphatic heterocycles. The topological polar surface area (TPSA) is 66.9 Å². The van der Waals surface area contributed by atoms with Crippen LogP contribution >= 0.6 is 23.2 Å². The molecule has 0 saturated carbocycles. The molecule has 2 aromatic carbocycles. The van der Waals surface area contributed by atoms with Crippen LogP contribution in [0.15, 0.2) is 48.7 Å². The van der Waals surface area contributed by atoms with Crippen molar-refractivity contribution in [2.45, 2.75) is 13.8 Å². The summed E-state index contributed by atoms with van der Waals surface area (Å²) in [6, 6.07) is 12.4. The van der Waals surface area contributed by atoms with Crippen molar-refractivity contribution >= 4 is 46.4 Å². The van der Waals surface area contributed by atoms with Gasteiger partial charge in [-0.15, -0.1) is 0 Å². The third kappa shape index (κ3) is 4.50. The minimum Gasteiger partial charge on any atom is -0.324 e. The number of hydrogen-bond acceptors (Lipinski definition) is 4. The Hall–Kier alpha value is -2.63. The van der Waals surface area contributed by atoms with Gasteiger partial charge in [-0.05, 0) is 55.3 Å². The van der Waals surface area contributed by atoms with Crippen molar-refractivity contribution in [3.8, 4) is 0 Å². The molecule has 0 fully saturated rings. The number of aromatic nitrogens is 2. The average Bonchev–Trinajstić information content (AvgIpc) is 2.57. The molecule has 1 heterocycles. The normalized spacial score (nSPS) is 10.5. The number of hydrogen-bond donors (Lipinski definition) is 2. The van der Waals surface area contributed by atoms with Gasteiger partial charge in [-0.2, -0.15) is 0 Å². The Balaban J connectivity index is 1.80. The number of rotatable bonds is 4. The fourth-order valence-corrected chi connectivity index (χ4v) is 2.88. The smallest absolute Gasteiger partial charge is 0.274 e. The van der Waals surface area contributed by atoms with E-state index < -0.39 is 0 Å². The molecule has 26 heavy (non-hydrogen) atoms. The molecule has 5 nitrogen and oxygen atoms in total. The quantitative estimate of drug-likeness (QED) is 0.629. The zero-order chi connectivity index (χ0) is 18.7. The number of carbonyl (C=O) groups is 1. The van der Waals surface area contributed by atoms with Crippen molar-refractivity contribution < 1.29 is 4.79 Å². The molecule has 3 rings (SSSR count). The standard InChI is InChI=1S/C19H16Cl2N4O/c1-11-3-4-12(2)17(7-11)25-19-22-6-5-16(24-19)18(26)23-15-9-13(20)8-14(21)10-15/h3-10H,1-2H3,(H,23,26)(H,22,24,25). The number of benzene rings is 2. The van der Waals surface area contributed by atoms with Crippen molar-refractivity contribution in [1.82, 2.24) is 9.97 Å². The van der Waals surface area contributed by atoms with E-state index in [9.17, 15) is 4.79 Å². The first-order valence-electron chi connectivity index (χ1n) is 7.85. The molecule has 2 N–H and O–H groups in total. The van der Waals surface area contributed by atoms with Gasteiger partial charge in [-0.1, -0.05) is 35.3 Å². The highest BCUT2D eigenvalue weighted by atomic mass is 35.5. The van der Waals surface area contributed by atoms with E-state index in [-0.39, 0.29) is 11.6 Å². The molecule has 0 bridgehead atoms. The summed E-state index contributed by atoms with van der Waals surface area (Å²) in [5.41, 5.74) is 3.79. The summed E-state index contributed by atoms with van der Waals surface area (Å²) in [7, 11) is 0. The summed E-state index contributed by atoms with van der Waals surface area (Å²) < 4.78 is 0. The van der Waals surface area contributed by atoms with Crippen LogP contribution in [-0.4, -0.2) is 15.9 Å². The molecule has 0 atom stereocenters. The number of carbonyl (C=O) groups excluding carboxylic acids is 1. The zero-order valence-corrected chi connectivity index (χ0v) is 15.7. The van der Waals surface area contributed by atoms with Crippen LogP contribution in [0.3, 0.4) is 0 Å². The second-order valence-corrected chi connectivity index (χ2v) is 6.69. The van der Waals surface area contributed by atoms with Crippen LogP contribution in [-0.2, 0) is 0 Å². The van der Waals surface area contributed by atoms with Gasteiger partial charge in [0.1, 0.15) is 5.69 Å². The Morgan fingerprint density at radius 3 is 2.46 bits per heavy atom.